The molecule has 0 radical (unpaired) electrons. The van der Waals surface area contributed by atoms with Gasteiger partial charge in [-0.1, -0.05) is 29.8 Å². The van der Waals surface area contributed by atoms with Gasteiger partial charge < -0.3 is 9.64 Å². The summed E-state index contributed by atoms with van der Waals surface area (Å²) in [6.07, 6.45) is 0. The molecule has 0 aliphatic carbocycles. The number of piperazine rings is 1. The van der Waals surface area contributed by atoms with Crippen LogP contribution in [0.2, 0.25) is 5.02 Å². The first-order chi connectivity index (χ1) is 13.4. The van der Waals surface area contributed by atoms with Gasteiger partial charge in [-0.05, 0) is 37.3 Å². The number of hydrogen-bond acceptors (Lipinski definition) is 4. The van der Waals surface area contributed by atoms with E-state index in [2.05, 4.69) is 0 Å². The predicted octanol–water partition coefficient (Wildman–Crippen LogP) is 1.61. The lowest BCUT2D eigenvalue weighted by atomic mass is 10.2. The van der Waals surface area contributed by atoms with Crippen molar-refractivity contribution < 1.29 is 22.8 Å². The molecule has 1 aliphatic heterocycles. The number of rotatable bonds is 6. The van der Waals surface area contributed by atoms with Gasteiger partial charge in [0.25, 0.3) is 0 Å². The summed E-state index contributed by atoms with van der Waals surface area (Å²) in [7, 11) is -3.58. The Labute approximate surface area is 170 Å². The van der Waals surface area contributed by atoms with Gasteiger partial charge in [0.15, 0.2) is 0 Å². The molecule has 0 bridgehead atoms. The number of nitrogens with one attached hydrogen (secondary N) is 1. The second-order valence-corrected chi connectivity index (χ2v) is 9.01. The monoisotopic (exact) mass is 423 g/mol. The number of ether oxygens (including phenoxy) is 1. The van der Waals surface area contributed by atoms with Gasteiger partial charge in [-0.25, -0.2) is 13.2 Å². The minimum absolute atomic E-state index is 0.190. The Bertz CT molecular complexity index is 923. The van der Waals surface area contributed by atoms with Crippen LogP contribution in [0.15, 0.2) is 53.4 Å². The normalized spacial score (nSPS) is 16.1. The number of esters is 1. The molecule has 0 amide bonds. The van der Waals surface area contributed by atoms with Crippen molar-refractivity contribution in [3.8, 4) is 0 Å². The fourth-order valence-electron chi connectivity index (χ4n) is 3.26. The highest BCUT2D eigenvalue weighted by atomic mass is 35.5. The van der Waals surface area contributed by atoms with Gasteiger partial charge in [-0.3, -0.25) is 0 Å². The quantitative estimate of drug-likeness (QED) is 0.717. The van der Waals surface area contributed by atoms with Gasteiger partial charge >= 0.3 is 5.97 Å². The Morgan fingerprint density at radius 1 is 1.11 bits per heavy atom. The Kier molecular flexibility index (Phi) is 6.72. The maximum Gasteiger partial charge on any atom is 0.338 e. The second kappa shape index (κ2) is 9.05. The SMILES string of the molecule is CCOC(=O)c1ccc(S(=O)(=O)N2CC[NH+](Cc3ccccc3Cl)CC2)cc1. The lowest BCUT2D eigenvalue weighted by Crippen LogP contribution is -3.13. The van der Waals surface area contributed by atoms with Crippen LogP contribution in [0.4, 0.5) is 0 Å². The van der Waals surface area contributed by atoms with Gasteiger partial charge in [0.05, 0.1) is 43.2 Å². The number of hydrogen-bond donors (Lipinski definition) is 1. The van der Waals surface area contributed by atoms with Crippen LogP contribution in [0.5, 0.6) is 0 Å². The van der Waals surface area contributed by atoms with Crippen LogP contribution < -0.4 is 4.90 Å². The van der Waals surface area contributed by atoms with Crippen LogP contribution in [0.25, 0.3) is 0 Å². The molecule has 0 aromatic heterocycles. The first-order valence-corrected chi connectivity index (χ1v) is 11.1. The Morgan fingerprint density at radius 2 is 1.75 bits per heavy atom. The van der Waals surface area contributed by atoms with Crippen LogP contribution in [-0.2, 0) is 21.3 Å². The van der Waals surface area contributed by atoms with Crippen molar-refractivity contribution in [2.24, 2.45) is 0 Å². The van der Waals surface area contributed by atoms with Crippen LogP contribution in [0, 0.1) is 0 Å². The number of carbonyl (C=O) groups is 1. The zero-order valence-electron chi connectivity index (χ0n) is 15.7. The molecule has 150 valence electrons. The molecule has 1 aliphatic rings. The molecule has 1 heterocycles. The molecular weight excluding hydrogens is 400 g/mol. The van der Waals surface area contributed by atoms with Crippen molar-refractivity contribution in [2.75, 3.05) is 32.8 Å². The molecule has 0 atom stereocenters. The molecule has 28 heavy (non-hydrogen) atoms. The summed E-state index contributed by atoms with van der Waals surface area (Å²) in [6, 6.07) is 13.6. The lowest BCUT2D eigenvalue weighted by Gasteiger charge is -2.31. The molecule has 6 nitrogen and oxygen atoms in total. The maximum absolute atomic E-state index is 12.9. The number of halogens is 1. The third-order valence-corrected chi connectivity index (χ3v) is 7.11. The average Bonchev–Trinajstić information content (AvgIpc) is 2.70. The molecule has 1 saturated heterocycles. The Balaban J connectivity index is 1.63. The summed E-state index contributed by atoms with van der Waals surface area (Å²) in [5.41, 5.74) is 1.42. The average molecular weight is 424 g/mol. The summed E-state index contributed by atoms with van der Waals surface area (Å²) in [5, 5.41) is 0.742. The highest BCUT2D eigenvalue weighted by Gasteiger charge is 2.30. The number of benzene rings is 2. The zero-order valence-corrected chi connectivity index (χ0v) is 17.3. The summed E-state index contributed by atoms with van der Waals surface area (Å²) in [5.74, 6) is -0.455. The van der Waals surface area contributed by atoms with Crippen LogP contribution in [0.1, 0.15) is 22.8 Å². The number of carbonyl (C=O) groups excluding carboxylic acids is 1. The van der Waals surface area contributed by atoms with Crippen LogP contribution in [0.3, 0.4) is 0 Å². The van der Waals surface area contributed by atoms with E-state index in [1.54, 1.807) is 6.92 Å². The van der Waals surface area contributed by atoms with E-state index in [9.17, 15) is 13.2 Å². The van der Waals surface area contributed by atoms with Gasteiger partial charge in [0.1, 0.15) is 6.54 Å². The van der Waals surface area contributed by atoms with E-state index in [1.165, 1.54) is 33.5 Å². The van der Waals surface area contributed by atoms with Crippen molar-refractivity contribution in [1.82, 2.24) is 4.31 Å². The molecule has 1 fully saturated rings. The van der Waals surface area contributed by atoms with Crippen molar-refractivity contribution in [3.63, 3.8) is 0 Å². The van der Waals surface area contributed by atoms with Gasteiger partial charge in [-0.2, -0.15) is 4.31 Å². The summed E-state index contributed by atoms with van der Waals surface area (Å²) in [6.45, 7) is 5.10. The maximum atomic E-state index is 12.9. The third-order valence-electron chi connectivity index (χ3n) is 4.83. The molecule has 0 saturated carbocycles. The summed E-state index contributed by atoms with van der Waals surface area (Å²) in [4.78, 5) is 13.2. The van der Waals surface area contributed by atoms with Crippen molar-refractivity contribution in [1.29, 1.82) is 0 Å². The lowest BCUT2D eigenvalue weighted by molar-refractivity contribution is -0.917. The van der Waals surface area contributed by atoms with E-state index in [1.807, 2.05) is 24.3 Å². The van der Waals surface area contributed by atoms with Crippen molar-refractivity contribution >= 4 is 27.6 Å². The fourth-order valence-corrected chi connectivity index (χ4v) is 4.90. The Hall–Kier alpha value is -1.93. The number of nitrogens with zero attached hydrogens (tertiary/aromatic N) is 1. The first-order valence-electron chi connectivity index (χ1n) is 9.26. The van der Waals surface area contributed by atoms with Crippen LogP contribution >= 0.6 is 11.6 Å². The van der Waals surface area contributed by atoms with Gasteiger partial charge in [-0.15, -0.1) is 0 Å². The smallest absolute Gasteiger partial charge is 0.338 e. The number of quaternary nitrogens is 1. The van der Waals surface area contributed by atoms with Gasteiger partial charge in [0, 0.05) is 10.6 Å². The van der Waals surface area contributed by atoms with Gasteiger partial charge in [0.2, 0.25) is 10.0 Å². The predicted molar refractivity (Wildman–Crippen MR) is 107 cm³/mol. The number of sulfonamides is 1. The molecule has 3 rings (SSSR count). The van der Waals surface area contributed by atoms with E-state index in [0.717, 1.165) is 17.1 Å². The topological polar surface area (TPSA) is 68.1 Å². The van der Waals surface area contributed by atoms with Crippen LogP contribution in [-0.4, -0.2) is 51.5 Å². The highest BCUT2D eigenvalue weighted by Crippen LogP contribution is 2.18. The van der Waals surface area contributed by atoms with E-state index >= 15 is 0 Å². The van der Waals surface area contributed by atoms with Crippen molar-refractivity contribution in [3.05, 3.63) is 64.7 Å². The first kappa shape index (κ1) is 20.8. The molecule has 8 heteroatoms. The third kappa shape index (κ3) is 4.72. The standard InChI is InChI=1S/C20H23ClN2O4S/c1-2-27-20(24)16-7-9-18(10-8-16)28(25,26)23-13-11-22(12-14-23)15-17-5-3-4-6-19(17)21/h3-10H,2,11-15H2,1H3/p+1. The molecule has 1 N–H and O–H groups in total. The fraction of sp³-hybridized carbons (Fsp3) is 0.350. The highest BCUT2D eigenvalue weighted by molar-refractivity contribution is 7.89. The molecular formula is C20H24ClN2O4S+. The Morgan fingerprint density at radius 3 is 2.36 bits per heavy atom. The van der Waals surface area contributed by atoms with E-state index in [-0.39, 0.29) is 11.5 Å². The van der Waals surface area contributed by atoms with E-state index in [4.69, 9.17) is 16.3 Å². The van der Waals surface area contributed by atoms with E-state index < -0.39 is 16.0 Å². The summed E-state index contributed by atoms with van der Waals surface area (Å²) < 4.78 is 32.2. The molecule has 0 spiro atoms. The largest absolute Gasteiger partial charge is 0.462 e. The van der Waals surface area contributed by atoms with E-state index in [0.29, 0.717) is 31.7 Å². The van der Waals surface area contributed by atoms with Crippen molar-refractivity contribution in [2.45, 2.75) is 18.4 Å². The minimum atomic E-state index is -3.58. The molecule has 2 aromatic rings. The molecule has 0 unspecified atom stereocenters. The zero-order chi connectivity index (χ0) is 20.1. The summed E-state index contributed by atoms with van der Waals surface area (Å²) >= 11 is 6.23. The minimum Gasteiger partial charge on any atom is -0.462 e. The second-order valence-electron chi connectivity index (χ2n) is 6.67. The molecule has 2 aromatic carbocycles.